The van der Waals surface area contributed by atoms with Crippen molar-refractivity contribution in [1.82, 2.24) is 10.5 Å². The monoisotopic (exact) mass is 288 g/mol. The molecule has 0 saturated carbocycles. The molecule has 0 spiro atoms. The van der Waals surface area contributed by atoms with E-state index in [1.54, 1.807) is 0 Å². The average Bonchev–Trinajstić information content (AvgIpc) is 2.87. The minimum absolute atomic E-state index is 0.231. The van der Waals surface area contributed by atoms with Gasteiger partial charge in [-0.2, -0.15) is 0 Å². The van der Waals surface area contributed by atoms with Gasteiger partial charge in [-0.25, -0.2) is 0 Å². The lowest BCUT2D eigenvalue weighted by Crippen LogP contribution is -2.12. The van der Waals surface area contributed by atoms with Gasteiger partial charge in [0.05, 0.1) is 6.10 Å². The number of hydrogen-bond donors (Lipinski definition) is 1. The zero-order valence-electron chi connectivity index (χ0n) is 13.3. The van der Waals surface area contributed by atoms with E-state index < -0.39 is 0 Å². The van der Waals surface area contributed by atoms with Crippen LogP contribution in [0.1, 0.15) is 38.4 Å². The third kappa shape index (κ3) is 3.85. The zero-order valence-corrected chi connectivity index (χ0v) is 13.3. The van der Waals surface area contributed by atoms with E-state index in [-0.39, 0.29) is 6.10 Å². The summed E-state index contributed by atoms with van der Waals surface area (Å²) in [4.78, 5) is 0. The molecule has 1 N–H and O–H groups in total. The second-order valence-electron chi connectivity index (χ2n) is 5.22. The summed E-state index contributed by atoms with van der Waals surface area (Å²) < 4.78 is 11.3. The molecule has 0 bridgehead atoms. The van der Waals surface area contributed by atoms with Crippen LogP contribution >= 0.6 is 0 Å². The van der Waals surface area contributed by atoms with Gasteiger partial charge in [0.1, 0.15) is 11.4 Å². The van der Waals surface area contributed by atoms with Crippen molar-refractivity contribution in [3.05, 3.63) is 35.5 Å². The molecule has 4 heteroatoms. The van der Waals surface area contributed by atoms with Crippen LogP contribution in [0.15, 0.2) is 28.8 Å². The third-order valence-electron chi connectivity index (χ3n) is 3.59. The van der Waals surface area contributed by atoms with E-state index in [1.807, 2.05) is 31.2 Å². The van der Waals surface area contributed by atoms with Crippen molar-refractivity contribution in [3.8, 4) is 17.1 Å². The summed E-state index contributed by atoms with van der Waals surface area (Å²) in [5.74, 6) is 1.72. The van der Waals surface area contributed by atoms with E-state index in [1.165, 1.54) is 0 Å². The Morgan fingerprint density at radius 1 is 1.24 bits per heavy atom. The van der Waals surface area contributed by atoms with Crippen LogP contribution in [0.5, 0.6) is 5.75 Å². The van der Waals surface area contributed by atoms with Crippen LogP contribution in [0.4, 0.5) is 0 Å². The molecule has 2 rings (SSSR count). The van der Waals surface area contributed by atoms with E-state index in [0.717, 1.165) is 47.8 Å². The fourth-order valence-corrected chi connectivity index (χ4v) is 2.05. The Hall–Kier alpha value is -1.81. The number of nitrogens with zero attached hydrogens (tertiary/aromatic N) is 1. The Labute approximate surface area is 126 Å². The van der Waals surface area contributed by atoms with Crippen molar-refractivity contribution in [2.24, 2.45) is 0 Å². The van der Waals surface area contributed by atoms with Gasteiger partial charge < -0.3 is 14.6 Å². The van der Waals surface area contributed by atoms with Crippen molar-refractivity contribution >= 4 is 0 Å². The standard InChI is InChI=1S/C17H24N2O2/c1-5-12(3)20-15-9-7-14(8-10-15)17-13(4)16(19-21-17)11-18-6-2/h7-10,12,18H,5-6,11H2,1-4H3. The summed E-state index contributed by atoms with van der Waals surface area (Å²) in [5.41, 5.74) is 3.08. The molecule has 0 aliphatic carbocycles. The highest BCUT2D eigenvalue weighted by atomic mass is 16.5. The number of nitrogens with one attached hydrogen (secondary N) is 1. The average molecular weight is 288 g/mol. The number of benzene rings is 1. The van der Waals surface area contributed by atoms with Gasteiger partial charge in [0.15, 0.2) is 5.76 Å². The smallest absolute Gasteiger partial charge is 0.170 e. The molecule has 1 unspecified atom stereocenters. The van der Waals surface area contributed by atoms with Gasteiger partial charge in [-0.15, -0.1) is 0 Å². The molecule has 0 aliphatic heterocycles. The molecule has 0 fully saturated rings. The number of ether oxygens (including phenoxy) is 1. The zero-order chi connectivity index (χ0) is 15.2. The predicted molar refractivity (Wildman–Crippen MR) is 84.4 cm³/mol. The predicted octanol–water partition coefficient (Wildman–Crippen LogP) is 3.94. The summed E-state index contributed by atoms with van der Waals surface area (Å²) in [6, 6.07) is 7.99. The molecule has 0 saturated heterocycles. The second-order valence-corrected chi connectivity index (χ2v) is 5.22. The molecule has 0 radical (unpaired) electrons. The van der Waals surface area contributed by atoms with Crippen LogP contribution in [0.2, 0.25) is 0 Å². The molecular weight excluding hydrogens is 264 g/mol. The summed E-state index contributed by atoms with van der Waals surface area (Å²) in [7, 11) is 0. The lowest BCUT2D eigenvalue weighted by Gasteiger charge is -2.12. The van der Waals surface area contributed by atoms with Gasteiger partial charge in [-0.05, 0) is 51.1 Å². The largest absolute Gasteiger partial charge is 0.491 e. The molecule has 1 aromatic heterocycles. The molecule has 21 heavy (non-hydrogen) atoms. The first-order valence-electron chi connectivity index (χ1n) is 7.58. The summed E-state index contributed by atoms with van der Waals surface area (Å²) in [6.45, 7) is 9.96. The fourth-order valence-electron chi connectivity index (χ4n) is 2.05. The van der Waals surface area contributed by atoms with Crippen LogP contribution in [0, 0.1) is 6.92 Å². The summed E-state index contributed by atoms with van der Waals surface area (Å²) >= 11 is 0. The molecule has 1 heterocycles. The van der Waals surface area contributed by atoms with E-state index in [9.17, 15) is 0 Å². The van der Waals surface area contributed by atoms with Crippen molar-refractivity contribution in [1.29, 1.82) is 0 Å². The van der Waals surface area contributed by atoms with Gasteiger partial charge >= 0.3 is 0 Å². The topological polar surface area (TPSA) is 47.3 Å². The first kappa shape index (κ1) is 15.6. The van der Waals surface area contributed by atoms with Crippen LogP contribution in [0.3, 0.4) is 0 Å². The van der Waals surface area contributed by atoms with Gasteiger partial charge in [0.25, 0.3) is 0 Å². The van der Waals surface area contributed by atoms with Gasteiger partial charge in [0.2, 0.25) is 0 Å². The van der Waals surface area contributed by atoms with Crippen molar-refractivity contribution in [2.75, 3.05) is 6.54 Å². The van der Waals surface area contributed by atoms with Gasteiger partial charge in [0, 0.05) is 17.7 Å². The Morgan fingerprint density at radius 3 is 2.57 bits per heavy atom. The highest BCUT2D eigenvalue weighted by Gasteiger charge is 2.13. The molecule has 2 aromatic rings. The Morgan fingerprint density at radius 2 is 1.95 bits per heavy atom. The molecule has 114 valence electrons. The molecule has 1 aromatic carbocycles. The van der Waals surface area contributed by atoms with E-state index in [2.05, 4.69) is 31.2 Å². The maximum Gasteiger partial charge on any atom is 0.170 e. The van der Waals surface area contributed by atoms with Crippen LogP contribution in [-0.4, -0.2) is 17.8 Å². The van der Waals surface area contributed by atoms with E-state index in [4.69, 9.17) is 9.26 Å². The summed E-state index contributed by atoms with van der Waals surface area (Å²) in [5, 5.41) is 7.41. The first-order chi connectivity index (χ1) is 10.2. The van der Waals surface area contributed by atoms with Crippen LogP contribution in [-0.2, 0) is 6.54 Å². The number of rotatable bonds is 7. The molecule has 4 nitrogen and oxygen atoms in total. The van der Waals surface area contributed by atoms with Gasteiger partial charge in [-0.3, -0.25) is 0 Å². The highest BCUT2D eigenvalue weighted by Crippen LogP contribution is 2.27. The maximum absolute atomic E-state index is 5.79. The lowest BCUT2D eigenvalue weighted by molar-refractivity contribution is 0.217. The Kier molecular flexibility index (Phi) is 5.39. The minimum Gasteiger partial charge on any atom is -0.491 e. The maximum atomic E-state index is 5.79. The second kappa shape index (κ2) is 7.27. The van der Waals surface area contributed by atoms with Crippen LogP contribution in [0.25, 0.3) is 11.3 Å². The summed E-state index contributed by atoms with van der Waals surface area (Å²) in [6.07, 6.45) is 1.23. The first-order valence-corrected chi connectivity index (χ1v) is 7.58. The number of aromatic nitrogens is 1. The molecule has 0 amide bonds. The quantitative estimate of drug-likeness (QED) is 0.838. The van der Waals surface area contributed by atoms with Crippen molar-refractivity contribution in [2.45, 2.75) is 46.8 Å². The van der Waals surface area contributed by atoms with Crippen molar-refractivity contribution < 1.29 is 9.26 Å². The van der Waals surface area contributed by atoms with E-state index in [0.29, 0.717) is 0 Å². The lowest BCUT2D eigenvalue weighted by atomic mass is 10.1. The molecule has 1 atom stereocenters. The van der Waals surface area contributed by atoms with Gasteiger partial charge in [-0.1, -0.05) is 19.0 Å². The molecular formula is C17H24N2O2. The Balaban J connectivity index is 2.13. The highest BCUT2D eigenvalue weighted by molar-refractivity contribution is 5.62. The van der Waals surface area contributed by atoms with Crippen molar-refractivity contribution in [3.63, 3.8) is 0 Å². The van der Waals surface area contributed by atoms with E-state index >= 15 is 0 Å². The minimum atomic E-state index is 0.231. The third-order valence-corrected chi connectivity index (χ3v) is 3.59. The SMILES string of the molecule is CCNCc1noc(-c2ccc(OC(C)CC)cc2)c1C. The molecule has 0 aliphatic rings. The normalized spacial score (nSPS) is 12.4. The number of hydrogen-bond acceptors (Lipinski definition) is 4. The van der Waals surface area contributed by atoms with Crippen LogP contribution < -0.4 is 10.1 Å². The Bertz CT molecular complexity index is 561. The fraction of sp³-hybridized carbons (Fsp3) is 0.471.